The van der Waals surface area contributed by atoms with Crippen LogP contribution in [-0.2, 0) is 0 Å². The first-order chi connectivity index (χ1) is 5.27. The first-order valence-corrected chi connectivity index (χ1v) is 4.24. The molecule has 1 rings (SSSR count). The number of rotatable bonds is 3. The van der Waals surface area contributed by atoms with Gasteiger partial charge in [-0.2, -0.15) is 0 Å². The van der Waals surface area contributed by atoms with E-state index in [9.17, 15) is 0 Å². The molecule has 11 heavy (non-hydrogen) atoms. The van der Waals surface area contributed by atoms with Crippen LogP contribution in [0.4, 0.5) is 0 Å². The van der Waals surface area contributed by atoms with Crippen LogP contribution < -0.4 is 0 Å². The van der Waals surface area contributed by atoms with Gasteiger partial charge in [-0.1, -0.05) is 6.92 Å². The van der Waals surface area contributed by atoms with Gasteiger partial charge in [0.25, 0.3) is 0 Å². The predicted molar refractivity (Wildman–Crippen MR) is 44.1 cm³/mol. The van der Waals surface area contributed by atoms with E-state index in [1.165, 1.54) is 0 Å². The maximum Gasteiger partial charge on any atom is 0.217 e. The Morgan fingerprint density at radius 3 is 2.91 bits per heavy atom. The summed E-state index contributed by atoms with van der Waals surface area (Å²) in [6, 6.07) is 0.0498. The Labute approximate surface area is 73.4 Å². The Kier molecular flexibility index (Phi) is 3.02. The van der Waals surface area contributed by atoms with Crippen molar-refractivity contribution in [1.82, 2.24) is 14.8 Å². The quantitative estimate of drug-likeness (QED) is 0.826. The van der Waals surface area contributed by atoms with Gasteiger partial charge >= 0.3 is 0 Å². The van der Waals surface area contributed by atoms with Crippen LogP contribution >= 0.6 is 15.9 Å². The van der Waals surface area contributed by atoms with Crippen molar-refractivity contribution in [2.24, 2.45) is 0 Å². The summed E-state index contributed by atoms with van der Waals surface area (Å²) < 4.78 is 2.22. The first-order valence-electron chi connectivity index (χ1n) is 3.45. The van der Waals surface area contributed by atoms with Crippen molar-refractivity contribution in [2.45, 2.75) is 19.4 Å². The average Bonchev–Trinajstić information content (AvgIpc) is 2.39. The summed E-state index contributed by atoms with van der Waals surface area (Å²) in [6.07, 6.45) is 2.46. The van der Waals surface area contributed by atoms with Crippen LogP contribution in [0.25, 0.3) is 0 Å². The van der Waals surface area contributed by atoms with E-state index in [-0.39, 0.29) is 12.6 Å². The van der Waals surface area contributed by atoms with Crippen LogP contribution in [0.3, 0.4) is 0 Å². The van der Waals surface area contributed by atoms with Crippen LogP contribution in [0.15, 0.2) is 11.1 Å². The highest BCUT2D eigenvalue weighted by atomic mass is 79.9. The lowest BCUT2D eigenvalue weighted by atomic mass is 10.2. The zero-order valence-electron chi connectivity index (χ0n) is 6.24. The molecule has 0 radical (unpaired) electrons. The molecule has 62 valence electrons. The second-order valence-corrected chi connectivity index (χ2v) is 2.95. The van der Waals surface area contributed by atoms with Crippen molar-refractivity contribution >= 4 is 15.9 Å². The second kappa shape index (κ2) is 3.82. The summed E-state index contributed by atoms with van der Waals surface area (Å²) in [7, 11) is 0. The van der Waals surface area contributed by atoms with Crippen molar-refractivity contribution in [3.05, 3.63) is 11.1 Å². The molecule has 5 heteroatoms. The minimum absolute atomic E-state index is 0.0498. The lowest BCUT2D eigenvalue weighted by Crippen LogP contribution is -2.12. The molecule has 0 aliphatic heterocycles. The van der Waals surface area contributed by atoms with Gasteiger partial charge in [-0.05, 0) is 22.4 Å². The molecule has 1 atom stereocenters. The maximum atomic E-state index is 8.88. The van der Waals surface area contributed by atoms with Crippen LogP contribution in [0, 0.1) is 0 Å². The molecule has 1 unspecified atom stereocenters. The van der Waals surface area contributed by atoms with Crippen molar-refractivity contribution < 1.29 is 5.11 Å². The second-order valence-electron chi connectivity index (χ2n) is 2.24. The average molecular weight is 220 g/mol. The van der Waals surface area contributed by atoms with Crippen molar-refractivity contribution in [3.63, 3.8) is 0 Å². The van der Waals surface area contributed by atoms with Gasteiger partial charge in [0.05, 0.1) is 12.6 Å². The lowest BCUT2D eigenvalue weighted by Gasteiger charge is -2.09. The molecule has 1 N–H and O–H groups in total. The Morgan fingerprint density at radius 2 is 2.55 bits per heavy atom. The van der Waals surface area contributed by atoms with Crippen LogP contribution in [0.5, 0.6) is 0 Å². The summed E-state index contributed by atoms with van der Waals surface area (Å²) in [5.74, 6) is 0. The zero-order valence-corrected chi connectivity index (χ0v) is 7.82. The third kappa shape index (κ3) is 2.00. The fourth-order valence-corrected chi connectivity index (χ4v) is 1.10. The third-order valence-electron chi connectivity index (χ3n) is 1.54. The fraction of sp³-hybridized carbons (Fsp3) is 0.667. The number of hydrogen-bond acceptors (Lipinski definition) is 3. The monoisotopic (exact) mass is 219 g/mol. The normalized spacial score (nSPS) is 13.4. The smallest absolute Gasteiger partial charge is 0.217 e. The highest BCUT2D eigenvalue weighted by Crippen LogP contribution is 2.09. The van der Waals surface area contributed by atoms with Gasteiger partial charge < -0.3 is 5.11 Å². The van der Waals surface area contributed by atoms with E-state index in [0.717, 1.165) is 6.42 Å². The van der Waals surface area contributed by atoms with E-state index in [2.05, 4.69) is 26.0 Å². The van der Waals surface area contributed by atoms with E-state index < -0.39 is 0 Å². The molecule has 4 nitrogen and oxygen atoms in total. The molecule has 1 aromatic heterocycles. The number of hydrogen-bond donors (Lipinski definition) is 1. The standard InChI is InChI=1S/C6H10BrN3O/c1-2-5(3-11)10-4-8-6(7)9-10/h4-5,11H,2-3H2,1H3. The van der Waals surface area contributed by atoms with Crippen LogP contribution in [0.2, 0.25) is 0 Å². The Balaban J connectivity index is 2.73. The van der Waals surface area contributed by atoms with E-state index in [1.54, 1.807) is 11.0 Å². The zero-order chi connectivity index (χ0) is 8.27. The summed E-state index contributed by atoms with van der Waals surface area (Å²) in [6.45, 7) is 2.10. The molecule has 0 fully saturated rings. The van der Waals surface area contributed by atoms with Crippen molar-refractivity contribution in [2.75, 3.05) is 6.61 Å². The van der Waals surface area contributed by atoms with E-state index in [0.29, 0.717) is 4.73 Å². The Hall–Kier alpha value is -0.420. The summed E-state index contributed by atoms with van der Waals surface area (Å²) in [5.41, 5.74) is 0. The Bertz CT molecular complexity index is 221. The van der Waals surface area contributed by atoms with Gasteiger partial charge in [0, 0.05) is 0 Å². The molecular weight excluding hydrogens is 210 g/mol. The lowest BCUT2D eigenvalue weighted by molar-refractivity contribution is 0.214. The number of aromatic nitrogens is 3. The predicted octanol–water partition coefficient (Wildman–Crippen LogP) is 0.984. The Morgan fingerprint density at radius 1 is 1.82 bits per heavy atom. The van der Waals surface area contributed by atoms with Crippen LogP contribution in [0.1, 0.15) is 19.4 Å². The summed E-state index contributed by atoms with van der Waals surface area (Å²) in [4.78, 5) is 3.89. The molecule has 1 aromatic rings. The molecule has 0 aromatic carbocycles. The molecular formula is C6H10BrN3O. The van der Waals surface area contributed by atoms with Gasteiger partial charge in [0.15, 0.2) is 0 Å². The number of aliphatic hydroxyl groups excluding tert-OH is 1. The molecule has 0 aliphatic rings. The fourth-order valence-electron chi connectivity index (χ4n) is 0.829. The van der Waals surface area contributed by atoms with E-state index >= 15 is 0 Å². The largest absolute Gasteiger partial charge is 0.394 e. The maximum absolute atomic E-state index is 8.88. The van der Waals surface area contributed by atoms with Gasteiger partial charge in [-0.3, -0.25) is 0 Å². The highest BCUT2D eigenvalue weighted by Gasteiger charge is 2.07. The highest BCUT2D eigenvalue weighted by molar-refractivity contribution is 9.10. The number of nitrogens with zero attached hydrogens (tertiary/aromatic N) is 3. The number of aliphatic hydroxyl groups is 1. The van der Waals surface area contributed by atoms with Crippen molar-refractivity contribution in [3.8, 4) is 0 Å². The molecule has 0 spiro atoms. The summed E-state index contributed by atoms with van der Waals surface area (Å²) in [5, 5.41) is 12.9. The molecule has 0 bridgehead atoms. The summed E-state index contributed by atoms with van der Waals surface area (Å²) >= 11 is 3.13. The number of halogens is 1. The third-order valence-corrected chi connectivity index (χ3v) is 1.90. The SMILES string of the molecule is CCC(CO)n1cnc(Br)n1. The topological polar surface area (TPSA) is 50.9 Å². The molecule has 0 aliphatic carbocycles. The van der Waals surface area contributed by atoms with E-state index in [4.69, 9.17) is 5.11 Å². The van der Waals surface area contributed by atoms with Gasteiger partial charge in [-0.25, -0.2) is 9.67 Å². The minimum atomic E-state index is 0.0498. The molecule has 1 heterocycles. The molecule has 0 amide bonds. The molecule has 0 saturated heterocycles. The minimum Gasteiger partial charge on any atom is -0.394 e. The molecule has 0 saturated carbocycles. The van der Waals surface area contributed by atoms with Gasteiger partial charge in [0.2, 0.25) is 4.73 Å². The van der Waals surface area contributed by atoms with Crippen LogP contribution in [-0.4, -0.2) is 26.5 Å². The first kappa shape index (κ1) is 8.67. The van der Waals surface area contributed by atoms with Gasteiger partial charge in [0.1, 0.15) is 6.33 Å². The van der Waals surface area contributed by atoms with E-state index in [1.807, 2.05) is 6.92 Å². The van der Waals surface area contributed by atoms with Crippen molar-refractivity contribution in [1.29, 1.82) is 0 Å². The van der Waals surface area contributed by atoms with Gasteiger partial charge in [-0.15, -0.1) is 5.10 Å².